The van der Waals surface area contributed by atoms with E-state index in [4.69, 9.17) is 4.52 Å². The van der Waals surface area contributed by atoms with Crippen molar-refractivity contribution >= 4 is 5.91 Å². The molecule has 2 aromatic rings. The molecule has 0 bridgehead atoms. The number of amides is 1. The summed E-state index contributed by atoms with van der Waals surface area (Å²) in [5.41, 5.74) is 1.29. The van der Waals surface area contributed by atoms with Gasteiger partial charge in [0.1, 0.15) is 5.82 Å². The van der Waals surface area contributed by atoms with E-state index in [9.17, 15) is 9.18 Å². The Hall–Kier alpha value is -2.28. The van der Waals surface area contributed by atoms with E-state index in [1.807, 2.05) is 0 Å². The molecule has 1 saturated heterocycles. The highest BCUT2D eigenvalue weighted by atomic mass is 19.1. The number of nitrogens with one attached hydrogen (secondary N) is 2. The Morgan fingerprint density at radius 3 is 2.88 bits per heavy atom. The van der Waals surface area contributed by atoms with Crippen molar-refractivity contribution in [3.05, 3.63) is 35.5 Å². The van der Waals surface area contributed by atoms with Crippen LogP contribution in [0, 0.1) is 18.2 Å². The summed E-state index contributed by atoms with van der Waals surface area (Å²) in [6, 6.07) is 4.81. The molecule has 1 aliphatic rings. The molecule has 0 unspecified atom stereocenters. The van der Waals surface area contributed by atoms with Gasteiger partial charge in [-0.1, -0.05) is 24.2 Å². The summed E-state index contributed by atoms with van der Waals surface area (Å²) in [5.74, 6) is 0.385. The molecule has 0 saturated carbocycles. The molecule has 140 valence electrons. The molecular formula is C19H25FN4O2. The Morgan fingerprint density at radius 1 is 1.38 bits per heavy atom. The predicted molar refractivity (Wildman–Crippen MR) is 96.0 cm³/mol. The summed E-state index contributed by atoms with van der Waals surface area (Å²) in [6.45, 7) is 6.58. The quantitative estimate of drug-likeness (QED) is 0.828. The second-order valence-corrected chi connectivity index (χ2v) is 7.31. The molecule has 0 aliphatic carbocycles. The summed E-state index contributed by atoms with van der Waals surface area (Å²) >= 11 is 0. The molecular weight excluding hydrogens is 335 g/mol. The van der Waals surface area contributed by atoms with Crippen LogP contribution in [0.3, 0.4) is 0 Å². The molecule has 1 fully saturated rings. The number of hydrogen-bond donors (Lipinski definition) is 2. The second-order valence-electron chi connectivity index (χ2n) is 7.31. The first-order valence-electron chi connectivity index (χ1n) is 9.02. The third-order valence-corrected chi connectivity index (χ3v) is 4.99. The standard InChI is InChI=1S/C19H25FN4O2/c1-13-3-4-14(11-15(13)20)18-23-17(26-24-18)6-5-16(25)22-12-19(2)7-9-21-10-8-19/h3-4,11,21H,5-10,12H2,1-2H3,(H,22,25). The van der Waals surface area contributed by atoms with E-state index in [2.05, 4.69) is 27.7 Å². The maximum atomic E-state index is 13.7. The lowest BCUT2D eigenvalue weighted by Gasteiger charge is -2.34. The van der Waals surface area contributed by atoms with Gasteiger partial charge in [-0.25, -0.2) is 4.39 Å². The van der Waals surface area contributed by atoms with Crippen LogP contribution in [0.2, 0.25) is 0 Å². The van der Waals surface area contributed by atoms with E-state index in [1.54, 1.807) is 19.1 Å². The summed E-state index contributed by atoms with van der Waals surface area (Å²) in [6.07, 6.45) is 2.78. The number of piperidine rings is 1. The SMILES string of the molecule is Cc1ccc(-c2noc(CCC(=O)NCC3(C)CCNCC3)n2)cc1F. The number of halogens is 1. The zero-order chi connectivity index (χ0) is 18.6. The van der Waals surface area contributed by atoms with Crippen molar-refractivity contribution in [3.8, 4) is 11.4 Å². The van der Waals surface area contributed by atoms with Crippen molar-refractivity contribution in [1.82, 2.24) is 20.8 Å². The van der Waals surface area contributed by atoms with Gasteiger partial charge in [0.2, 0.25) is 17.6 Å². The topological polar surface area (TPSA) is 80.0 Å². The molecule has 7 heteroatoms. The Labute approximate surface area is 152 Å². The van der Waals surface area contributed by atoms with Crippen molar-refractivity contribution in [2.24, 2.45) is 5.41 Å². The lowest BCUT2D eigenvalue weighted by Crippen LogP contribution is -2.42. The molecule has 1 aromatic carbocycles. The Bertz CT molecular complexity index is 769. The van der Waals surface area contributed by atoms with E-state index < -0.39 is 0 Å². The minimum Gasteiger partial charge on any atom is -0.356 e. The van der Waals surface area contributed by atoms with Crippen LogP contribution >= 0.6 is 0 Å². The van der Waals surface area contributed by atoms with Crippen molar-refractivity contribution in [2.75, 3.05) is 19.6 Å². The molecule has 2 N–H and O–H groups in total. The number of hydrogen-bond acceptors (Lipinski definition) is 5. The minimum absolute atomic E-state index is 0.0223. The fourth-order valence-corrected chi connectivity index (χ4v) is 3.03. The van der Waals surface area contributed by atoms with Crippen molar-refractivity contribution in [1.29, 1.82) is 0 Å². The van der Waals surface area contributed by atoms with Gasteiger partial charge in [-0.15, -0.1) is 0 Å². The van der Waals surface area contributed by atoms with Crippen LogP contribution in [0.15, 0.2) is 22.7 Å². The van der Waals surface area contributed by atoms with Gasteiger partial charge in [0.15, 0.2) is 0 Å². The number of aryl methyl sites for hydroxylation is 2. The minimum atomic E-state index is -0.306. The van der Waals surface area contributed by atoms with E-state index >= 15 is 0 Å². The van der Waals surface area contributed by atoms with Gasteiger partial charge in [-0.3, -0.25) is 4.79 Å². The largest absolute Gasteiger partial charge is 0.356 e. The fourth-order valence-electron chi connectivity index (χ4n) is 3.03. The maximum Gasteiger partial charge on any atom is 0.227 e. The summed E-state index contributed by atoms with van der Waals surface area (Å²) in [5, 5.41) is 10.2. The Balaban J connectivity index is 1.49. The Morgan fingerprint density at radius 2 is 2.15 bits per heavy atom. The molecule has 1 aromatic heterocycles. The fraction of sp³-hybridized carbons (Fsp3) is 0.526. The highest BCUT2D eigenvalue weighted by molar-refractivity contribution is 5.76. The second kappa shape index (κ2) is 7.95. The third kappa shape index (κ3) is 4.66. The molecule has 1 amide bonds. The first kappa shape index (κ1) is 18.5. The normalized spacial score (nSPS) is 16.4. The number of benzene rings is 1. The predicted octanol–water partition coefficient (Wildman–Crippen LogP) is 2.62. The number of carbonyl (C=O) groups is 1. The van der Waals surface area contributed by atoms with Gasteiger partial charge in [0, 0.05) is 24.9 Å². The van der Waals surface area contributed by atoms with Crippen LogP contribution < -0.4 is 10.6 Å². The van der Waals surface area contributed by atoms with Gasteiger partial charge < -0.3 is 15.2 Å². The average molecular weight is 360 g/mol. The molecule has 0 spiro atoms. The van der Waals surface area contributed by atoms with E-state index in [0.717, 1.165) is 25.9 Å². The van der Waals surface area contributed by atoms with E-state index in [0.29, 0.717) is 35.8 Å². The van der Waals surface area contributed by atoms with Gasteiger partial charge in [-0.05, 0) is 49.9 Å². The number of rotatable bonds is 6. The number of nitrogens with zero attached hydrogens (tertiary/aromatic N) is 2. The third-order valence-electron chi connectivity index (χ3n) is 4.99. The number of carbonyl (C=O) groups excluding carboxylic acids is 1. The summed E-state index contributed by atoms with van der Waals surface area (Å²) < 4.78 is 18.8. The monoisotopic (exact) mass is 360 g/mol. The Kier molecular flexibility index (Phi) is 5.66. The summed E-state index contributed by atoms with van der Waals surface area (Å²) in [7, 11) is 0. The smallest absolute Gasteiger partial charge is 0.227 e. The van der Waals surface area contributed by atoms with Crippen LogP contribution in [-0.4, -0.2) is 35.7 Å². The summed E-state index contributed by atoms with van der Waals surface area (Å²) in [4.78, 5) is 16.3. The molecule has 0 radical (unpaired) electrons. The van der Waals surface area contributed by atoms with Crippen molar-refractivity contribution < 1.29 is 13.7 Å². The first-order valence-corrected chi connectivity index (χ1v) is 9.02. The number of aromatic nitrogens is 2. The van der Waals surface area contributed by atoms with Gasteiger partial charge in [0.05, 0.1) is 0 Å². The van der Waals surface area contributed by atoms with Crippen LogP contribution in [0.4, 0.5) is 4.39 Å². The van der Waals surface area contributed by atoms with Crippen LogP contribution in [0.25, 0.3) is 11.4 Å². The van der Waals surface area contributed by atoms with Crippen molar-refractivity contribution in [3.63, 3.8) is 0 Å². The van der Waals surface area contributed by atoms with Gasteiger partial charge in [0.25, 0.3) is 0 Å². The molecule has 1 aliphatic heterocycles. The lowest BCUT2D eigenvalue weighted by molar-refractivity contribution is -0.121. The first-order chi connectivity index (χ1) is 12.5. The zero-order valence-electron chi connectivity index (χ0n) is 15.3. The van der Waals surface area contributed by atoms with Crippen LogP contribution in [0.5, 0.6) is 0 Å². The van der Waals surface area contributed by atoms with Gasteiger partial charge >= 0.3 is 0 Å². The average Bonchev–Trinajstić information content (AvgIpc) is 3.10. The lowest BCUT2D eigenvalue weighted by atomic mass is 9.81. The molecule has 0 atom stereocenters. The molecule has 2 heterocycles. The van der Waals surface area contributed by atoms with Crippen LogP contribution in [0.1, 0.15) is 37.6 Å². The van der Waals surface area contributed by atoms with Gasteiger partial charge in [-0.2, -0.15) is 4.98 Å². The van der Waals surface area contributed by atoms with Crippen LogP contribution in [-0.2, 0) is 11.2 Å². The highest BCUT2D eigenvalue weighted by Crippen LogP contribution is 2.26. The zero-order valence-corrected chi connectivity index (χ0v) is 15.3. The highest BCUT2D eigenvalue weighted by Gasteiger charge is 2.27. The molecule has 6 nitrogen and oxygen atoms in total. The van der Waals surface area contributed by atoms with Crippen molar-refractivity contribution in [2.45, 2.75) is 39.5 Å². The molecule has 26 heavy (non-hydrogen) atoms. The van der Waals surface area contributed by atoms with E-state index in [-0.39, 0.29) is 23.6 Å². The van der Waals surface area contributed by atoms with E-state index in [1.165, 1.54) is 6.07 Å². The maximum absolute atomic E-state index is 13.7. The molecule has 3 rings (SSSR count).